The molecule has 31 heavy (non-hydrogen) atoms. The van der Waals surface area contributed by atoms with Crippen molar-refractivity contribution in [2.24, 2.45) is 5.92 Å². The number of methoxy groups -OCH3 is 3. The molecule has 3 rings (SSSR count). The van der Waals surface area contributed by atoms with Gasteiger partial charge in [0.15, 0.2) is 0 Å². The fourth-order valence-corrected chi connectivity index (χ4v) is 4.00. The number of benzene rings is 2. The summed E-state index contributed by atoms with van der Waals surface area (Å²) in [5.74, 6) is 1.19. The highest BCUT2D eigenvalue weighted by Crippen LogP contribution is 2.40. The molecule has 1 saturated heterocycles. The standard InChI is InChI=1S/C24H30N2O5/c1-5-11-25-23(27)21-15-26(24(28)16-7-6-8-17(12-16)29-2)14-20(21)19-13-18(30-3)9-10-22(19)31-4/h6-10,12-13,20-21H,5,11,14-15H2,1-4H3,(H,25,27). The van der Waals surface area contributed by atoms with Gasteiger partial charge in [-0.25, -0.2) is 0 Å². The van der Waals surface area contributed by atoms with Crippen LogP contribution in [0.1, 0.15) is 35.2 Å². The number of amides is 2. The highest BCUT2D eigenvalue weighted by atomic mass is 16.5. The van der Waals surface area contributed by atoms with Gasteiger partial charge < -0.3 is 24.4 Å². The molecular formula is C24H30N2O5. The second-order valence-corrected chi connectivity index (χ2v) is 7.55. The van der Waals surface area contributed by atoms with E-state index in [2.05, 4.69) is 5.32 Å². The summed E-state index contributed by atoms with van der Waals surface area (Å²) in [6, 6.07) is 12.6. The Labute approximate surface area is 183 Å². The molecule has 0 spiro atoms. The molecule has 0 radical (unpaired) electrons. The van der Waals surface area contributed by atoms with Gasteiger partial charge in [0.2, 0.25) is 5.91 Å². The van der Waals surface area contributed by atoms with Gasteiger partial charge in [0.1, 0.15) is 17.2 Å². The summed E-state index contributed by atoms with van der Waals surface area (Å²) >= 11 is 0. The average Bonchev–Trinajstić information content (AvgIpc) is 3.27. The molecule has 1 N–H and O–H groups in total. The topological polar surface area (TPSA) is 77.1 Å². The largest absolute Gasteiger partial charge is 0.497 e. The molecule has 7 nitrogen and oxygen atoms in total. The molecular weight excluding hydrogens is 396 g/mol. The number of carbonyl (C=O) groups excluding carboxylic acids is 2. The van der Waals surface area contributed by atoms with Crippen LogP contribution in [0.4, 0.5) is 0 Å². The molecule has 2 amide bonds. The normalized spacial score (nSPS) is 17.9. The summed E-state index contributed by atoms with van der Waals surface area (Å²) in [5, 5.41) is 2.99. The zero-order valence-corrected chi connectivity index (χ0v) is 18.5. The van der Waals surface area contributed by atoms with E-state index in [1.54, 1.807) is 50.5 Å². The van der Waals surface area contributed by atoms with Crippen LogP contribution >= 0.6 is 0 Å². The van der Waals surface area contributed by atoms with Gasteiger partial charge in [0, 0.05) is 36.7 Å². The fraction of sp³-hybridized carbons (Fsp3) is 0.417. The highest BCUT2D eigenvalue weighted by molar-refractivity contribution is 5.95. The molecule has 0 saturated carbocycles. The van der Waals surface area contributed by atoms with Crippen LogP contribution in [0.25, 0.3) is 0 Å². The zero-order valence-electron chi connectivity index (χ0n) is 18.5. The van der Waals surface area contributed by atoms with Crippen molar-refractivity contribution in [2.75, 3.05) is 41.0 Å². The van der Waals surface area contributed by atoms with Crippen molar-refractivity contribution in [3.63, 3.8) is 0 Å². The van der Waals surface area contributed by atoms with Gasteiger partial charge in [-0.2, -0.15) is 0 Å². The second kappa shape index (κ2) is 10.2. The minimum Gasteiger partial charge on any atom is -0.497 e. The Morgan fingerprint density at radius 1 is 1.00 bits per heavy atom. The molecule has 7 heteroatoms. The van der Waals surface area contributed by atoms with E-state index >= 15 is 0 Å². The van der Waals surface area contributed by atoms with Crippen LogP contribution in [-0.2, 0) is 4.79 Å². The smallest absolute Gasteiger partial charge is 0.254 e. The third-order valence-corrected chi connectivity index (χ3v) is 5.65. The molecule has 2 aromatic carbocycles. The fourth-order valence-electron chi connectivity index (χ4n) is 4.00. The van der Waals surface area contributed by atoms with E-state index in [0.717, 1.165) is 12.0 Å². The molecule has 1 aliphatic heterocycles. The van der Waals surface area contributed by atoms with Gasteiger partial charge in [-0.3, -0.25) is 9.59 Å². The lowest BCUT2D eigenvalue weighted by atomic mass is 9.87. The van der Waals surface area contributed by atoms with E-state index in [1.807, 2.05) is 25.1 Å². The predicted molar refractivity (Wildman–Crippen MR) is 118 cm³/mol. The summed E-state index contributed by atoms with van der Waals surface area (Å²) in [4.78, 5) is 28.0. The number of likely N-dealkylation sites (tertiary alicyclic amines) is 1. The van der Waals surface area contributed by atoms with Gasteiger partial charge in [-0.05, 0) is 42.8 Å². The molecule has 1 aliphatic rings. The summed E-state index contributed by atoms with van der Waals surface area (Å²) in [6.45, 7) is 3.34. The number of rotatable bonds is 8. The summed E-state index contributed by atoms with van der Waals surface area (Å²) in [5.41, 5.74) is 1.39. The second-order valence-electron chi connectivity index (χ2n) is 7.55. The lowest BCUT2D eigenvalue weighted by molar-refractivity contribution is -0.124. The Kier molecular flexibility index (Phi) is 7.39. The molecule has 2 unspecified atom stereocenters. The predicted octanol–water partition coefficient (Wildman–Crippen LogP) is 3.09. The van der Waals surface area contributed by atoms with Gasteiger partial charge in [0.25, 0.3) is 5.91 Å². The summed E-state index contributed by atoms with van der Waals surface area (Å²) < 4.78 is 16.2. The van der Waals surface area contributed by atoms with Crippen LogP contribution in [0.3, 0.4) is 0 Å². The van der Waals surface area contributed by atoms with E-state index in [0.29, 0.717) is 42.4 Å². The third kappa shape index (κ3) is 4.93. The third-order valence-electron chi connectivity index (χ3n) is 5.65. The van der Waals surface area contributed by atoms with Gasteiger partial charge in [-0.1, -0.05) is 13.0 Å². The first kappa shape index (κ1) is 22.5. The molecule has 0 bridgehead atoms. The highest BCUT2D eigenvalue weighted by Gasteiger charge is 2.41. The first-order valence-corrected chi connectivity index (χ1v) is 10.4. The van der Waals surface area contributed by atoms with E-state index in [9.17, 15) is 9.59 Å². The minimum absolute atomic E-state index is 0.0577. The molecule has 1 fully saturated rings. The van der Waals surface area contributed by atoms with Crippen LogP contribution in [0.5, 0.6) is 17.2 Å². The van der Waals surface area contributed by atoms with Crippen LogP contribution in [0.15, 0.2) is 42.5 Å². The Hall–Kier alpha value is -3.22. The van der Waals surface area contributed by atoms with E-state index in [-0.39, 0.29) is 23.7 Å². The Balaban J connectivity index is 1.94. The molecule has 2 atom stereocenters. The van der Waals surface area contributed by atoms with E-state index < -0.39 is 0 Å². The van der Waals surface area contributed by atoms with Crippen LogP contribution in [0, 0.1) is 5.92 Å². The number of ether oxygens (including phenoxy) is 3. The maximum absolute atomic E-state index is 13.2. The lowest BCUT2D eigenvalue weighted by Crippen LogP contribution is -2.36. The Morgan fingerprint density at radius 3 is 2.42 bits per heavy atom. The number of nitrogens with one attached hydrogen (secondary N) is 1. The van der Waals surface area contributed by atoms with Crippen LogP contribution in [-0.4, -0.2) is 57.7 Å². The summed E-state index contributed by atoms with van der Waals surface area (Å²) in [6.07, 6.45) is 0.845. The Bertz CT molecular complexity index is 930. The SMILES string of the molecule is CCCNC(=O)C1CN(C(=O)c2cccc(OC)c2)CC1c1cc(OC)ccc1OC. The number of nitrogens with zero attached hydrogens (tertiary/aromatic N) is 1. The first-order valence-electron chi connectivity index (χ1n) is 10.4. The van der Waals surface area contributed by atoms with Crippen molar-refractivity contribution in [3.05, 3.63) is 53.6 Å². The molecule has 1 heterocycles. The van der Waals surface area contributed by atoms with Crippen molar-refractivity contribution in [3.8, 4) is 17.2 Å². The number of carbonyl (C=O) groups is 2. The van der Waals surface area contributed by atoms with Gasteiger partial charge >= 0.3 is 0 Å². The quantitative estimate of drug-likeness (QED) is 0.702. The van der Waals surface area contributed by atoms with Crippen molar-refractivity contribution in [1.82, 2.24) is 10.2 Å². The average molecular weight is 427 g/mol. The van der Waals surface area contributed by atoms with E-state index in [4.69, 9.17) is 14.2 Å². The zero-order chi connectivity index (χ0) is 22.4. The van der Waals surface area contributed by atoms with Gasteiger partial charge in [-0.15, -0.1) is 0 Å². The lowest BCUT2D eigenvalue weighted by Gasteiger charge is -2.21. The monoisotopic (exact) mass is 426 g/mol. The van der Waals surface area contributed by atoms with Gasteiger partial charge in [0.05, 0.1) is 27.2 Å². The first-order chi connectivity index (χ1) is 15.0. The van der Waals surface area contributed by atoms with Crippen molar-refractivity contribution in [1.29, 1.82) is 0 Å². The van der Waals surface area contributed by atoms with Crippen molar-refractivity contribution in [2.45, 2.75) is 19.3 Å². The van der Waals surface area contributed by atoms with Crippen molar-refractivity contribution >= 4 is 11.8 Å². The number of hydrogen-bond donors (Lipinski definition) is 1. The molecule has 2 aromatic rings. The van der Waals surface area contributed by atoms with Crippen LogP contribution in [0.2, 0.25) is 0 Å². The van der Waals surface area contributed by atoms with Crippen LogP contribution < -0.4 is 19.5 Å². The molecule has 166 valence electrons. The maximum Gasteiger partial charge on any atom is 0.254 e. The summed E-state index contributed by atoms with van der Waals surface area (Å²) in [7, 11) is 4.77. The molecule has 0 aromatic heterocycles. The number of hydrogen-bond acceptors (Lipinski definition) is 5. The minimum atomic E-state index is -0.387. The Morgan fingerprint density at radius 2 is 1.74 bits per heavy atom. The van der Waals surface area contributed by atoms with Crippen molar-refractivity contribution < 1.29 is 23.8 Å². The maximum atomic E-state index is 13.2. The van der Waals surface area contributed by atoms with E-state index in [1.165, 1.54) is 0 Å². The molecule has 0 aliphatic carbocycles.